The van der Waals surface area contributed by atoms with E-state index in [4.69, 9.17) is 0 Å². The van der Waals surface area contributed by atoms with Crippen molar-refractivity contribution in [1.29, 1.82) is 0 Å². The summed E-state index contributed by atoms with van der Waals surface area (Å²) in [5, 5.41) is 53.7. The van der Waals surface area contributed by atoms with Gasteiger partial charge < -0.3 is 30.6 Å². The molecule has 4 aromatic heterocycles. The minimum atomic E-state index is 0.167. The Morgan fingerprint density at radius 3 is 1.70 bits per heavy atom. The summed E-state index contributed by atoms with van der Waals surface area (Å²) in [5.41, 5.74) is 4.79. The molecular formula is C39H42N12O2. The van der Waals surface area contributed by atoms with Gasteiger partial charge in [0.2, 0.25) is 0 Å². The Labute approximate surface area is 307 Å². The van der Waals surface area contributed by atoms with Crippen LogP contribution in [0.1, 0.15) is 19.3 Å². The van der Waals surface area contributed by atoms with E-state index >= 15 is 0 Å². The lowest BCUT2D eigenvalue weighted by molar-refractivity contribution is 0.126. The summed E-state index contributed by atoms with van der Waals surface area (Å²) in [6, 6.07) is 23.0. The summed E-state index contributed by atoms with van der Waals surface area (Å²) < 4.78 is 3.41. The molecule has 2 unspecified atom stereocenters. The number of aromatic nitrogens is 8. The number of nitrogens with one attached hydrogen (secondary N) is 2. The maximum absolute atomic E-state index is 10.4. The second kappa shape index (κ2) is 13.9. The topological polar surface area (TPSA) is 158 Å². The number of phenols is 2. The lowest BCUT2D eigenvalue weighted by Crippen LogP contribution is -2.58. The van der Waals surface area contributed by atoms with Gasteiger partial charge in [-0.25, -0.2) is 9.36 Å². The molecule has 6 aromatic rings. The molecule has 270 valence electrons. The Kier molecular flexibility index (Phi) is 8.68. The molecule has 1 spiro atoms. The zero-order valence-corrected chi connectivity index (χ0v) is 29.3. The first kappa shape index (κ1) is 33.0. The summed E-state index contributed by atoms with van der Waals surface area (Å²) in [4.78, 5) is 4.61. The van der Waals surface area contributed by atoms with Crippen LogP contribution in [0.15, 0.2) is 97.6 Å². The van der Waals surface area contributed by atoms with Gasteiger partial charge in [0, 0.05) is 99.9 Å². The first-order chi connectivity index (χ1) is 26.0. The normalized spacial score (nSPS) is 20.2. The Bertz CT molecular complexity index is 2130. The summed E-state index contributed by atoms with van der Waals surface area (Å²) >= 11 is 0. The highest BCUT2D eigenvalue weighted by atomic mass is 16.3. The molecule has 4 aliphatic heterocycles. The zero-order chi connectivity index (χ0) is 35.8. The Morgan fingerprint density at radius 2 is 1.25 bits per heavy atom. The van der Waals surface area contributed by atoms with E-state index in [0.717, 1.165) is 68.8 Å². The van der Waals surface area contributed by atoms with E-state index in [2.05, 4.69) is 51.0 Å². The molecule has 0 saturated carbocycles. The minimum Gasteiger partial charge on any atom is -0.507 e. The Morgan fingerprint density at radius 1 is 0.660 bits per heavy atom. The third-order valence-corrected chi connectivity index (χ3v) is 11.1. The second-order valence-corrected chi connectivity index (χ2v) is 14.6. The lowest BCUT2D eigenvalue weighted by Gasteiger charge is -2.48. The highest BCUT2D eigenvalue weighted by molar-refractivity contribution is 5.70. The molecule has 53 heavy (non-hydrogen) atoms. The van der Waals surface area contributed by atoms with Gasteiger partial charge >= 0.3 is 0 Å². The first-order valence-electron chi connectivity index (χ1n) is 18.3. The van der Waals surface area contributed by atoms with Crippen LogP contribution in [0, 0.1) is 11.3 Å². The number of nitrogens with zero attached hydrogens (tertiary/aromatic N) is 10. The molecule has 4 N–H and O–H groups in total. The van der Waals surface area contributed by atoms with E-state index in [0.29, 0.717) is 39.9 Å². The van der Waals surface area contributed by atoms with Gasteiger partial charge in [-0.2, -0.15) is 10.2 Å². The van der Waals surface area contributed by atoms with Crippen molar-refractivity contribution >= 4 is 11.6 Å². The molecule has 0 aliphatic carbocycles. The van der Waals surface area contributed by atoms with Crippen molar-refractivity contribution in [1.82, 2.24) is 50.6 Å². The number of fused-ring (bicyclic) bond motifs is 2. The van der Waals surface area contributed by atoms with Gasteiger partial charge in [-0.05, 0) is 91.3 Å². The van der Waals surface area contributed by atoms with E-state index in [9.17, 15) is 10.2 Å². The number of rotatable bonds is 6. The molecule has 4 aliphatic rings. The molecule has 2 atom stereocenters. The fraction of sp³-hybridized carbons (Fsp3) is 0.333. The number of anilines is 2. The molecule has 4 fully saturated rings. The van der Waals surface area contributed by atoms with Crippen molar-refractivity contribution in [3.63, 3.8) is 0 Å². The quantitative estimate of drug-likeness (QED) is 0.197. The minimum absolute atomic E-state index is 0.167. The summed E-state index contributed by atoms with van der Waals surface area (Å²) in [7, 11) is 0. The van der Waals surface area contributed by atoms with Gasteiger partial charge in [0.1, 0.15) is 11.5 Å². The van der Waals surface area contributed by atoms with Crippen molar-refractivity contribution < 1.29 is 10.2 Å². The van der Waals surface area contributed by atoms with Gasteiger partial charge in [0.25, 0.3) is 0 Å². The number of aromatic hydroxyl groups is 2. The molecule has 0 radical (unpaired) electrons. The molecule has 10 rings (SSSR count). The zero-order valence-electron chi connectivity index (χ0n) is 29.3. The SMILES string of the molecule is Oc1cc(-n2cccn2)ccc1-c1ccc(N2CC3CNC(C3)C2)nn1.Oc1cc(-n2cccn2)ccc1-c1ccc(N2CCC3(CC2)CNC3)nn1. The number of hydrogen-bond acceptors (Lipinski definition) is 12. The van der Waals surface area contributed by atoms with E-state index < -0.39 is 0 Å². The summed E-state index contributed by atoms with van der Waals surface area (Å²) in [6.07, 6.45) is 10.8. The predicted molar refractivity (Wildman–Crippen MR) is 201 cm³/mol. The molecule has 8 heterocycles. The maximum atomic E-state index is 10.4. The average Bonchev–Trinajstić information content (AvgIpc) is 3.99. The third-order valence-electron chi connectivity index (χ3n) is 11.1. The monoisotopic (exact) mass is 710 g/mol. The van der Waals surface area contributed by atoms with Crippen LogP contribution in [-0.4, -0.2) is 102 Å². The summed E-state index contributed by atoms with van der Waals surface area (Å²) in [6.45, 7) is 7.47. The van der Waals surface area contributed by atoms with Gasteiger partial charge in [0.05, 0.1) is 22.8 Å². The van der Waals surface area contributed by atoms with Crippen LogP contribution in [-0.2, 0) is 0 Å². The van der Waals surface area contributed by atoms with E-state index in [1.807, 2.05) is 73.1 Å². The second-order valence-electron chi connectivity index (χ2n) is 14.6. The number of piperidine rings is 2. The molecule has 2 aromatic carbocycles. The van der Waals surface area contributed by atoms with E-state index in [-0.39, 0.29) is 11.5 Å². The Hall–Kier alpha value is -5.86. The molecule has 14 nitrogen and oxygen atoms in total. The van der Waals surface area contributed by atoms with Crippen LogP contribution in [0.5, 0.6) is 11.5 Å². The van der Waals surface area contributed by atoms with Crippen molar-refractivity contribution in [2.24, 2.45) is 11.3 Å². The van der Waals surface area contributed by atoms with Crippen LogP contribution in [0.4, 0.5) is 11.6 Å². The fourth-order valence-electron chi connectivity index (χ4n) is 7.94. The molecule has 14 heteroatoms. The van der Waals surface area contributed by atoms with Crippen molar-refractivity contribution in [2.75, 3.05) is 55.6 Å². The highest BCUT2D eigenvalue weighted by Crippen LogP contribution is 2.37. The van der Waals surface area contributed by atoms with Crippen LogP contribution in [0.3, 0.4) is 0 Å². The Balaban J connectivity index is 0.000000141. The molecule has 2 bridgehead atoms. The van der Waals surface area contributed by atoms with E-state index in [1.165, 1.54) is 19.3 Å². The number of hydrogen-bond donors (Lipinski definition) is 4. The largest absolute Gasteiger partial charge is 0.507 e. The summed E-state index contributed by atoms with van der Waals surface area (Å²) in [5.74, 6) is 2.85. The van der Waals surface area contributed by atoms with Crippen molar-refractivity contribution in [2.45, 2.75) is 25.3 Å². The van der Waals surface area contributed by atoms with Crippen molar-refractivity contribution in [3.05, 3.63) is 97.6 Å². The molecule has 0 amide bonds. The smallest absolute Gasteiger partial charge is 0.151 e. The van der Waals surface area contributed by atoms with E-state index in [1.54, 1.807) is 33.9 Å². The van der Waals surface area contributed by atoms with Crippen LogP contribution < -0.4 is 20.4 Å². The van der Waals surface area contributed by atoms with Crippen LogP contribution in [0.2, 0.25) is 0 Å². The third kappa shape index (κ3) is 6.78. The molecular weight excluding hydrogens is 669 g/mol. The van der Waals surface area contributed by atoms with Gasteiger partial charge in [-0.3, -0.25) is 0 Å². The standard InChI is InChI=1S/C20H22N6O.C19H20N6O/c27-18-12-15(26-9-1-8-22-26)2-3-16(18)17-4-5-19(24-23-17)25-10-6-20(7-11-25)13-21-14-20;26-18-9-15(25-7-1-6-21-25)2-3-16(18)17-4-5-19(23-22-17)24-11-13-8-14(12-24)20-10-13/h1-5,8-9,12,21,27H,6-7,10-11,13-14H2;1-7,9,13-14,20,26H,8,10-12H2. The first-order valence-corrected chi connectivity index (χ1v) is 18.3. The fourth-order valence-corrected chi connectivity index (χ4v) is 7.94. The van der Waals surface area contributed by atoms with Gasteiger partial charge in [-0.1, -0.05) is 0 Å². The number of benzene rings is 2. The predicted octanol–water partition coefficient (Wildman–Crippen LogP) is 4.06. The van der Waals surface area contributed by atoms with Gasteiger partial charge in [0.15, 0.2) is 11.6 Å². The number of phenolic OH excluding ortho intramolecular Hbond substituents is 2. The van der Waals surface area contributed by atoms with Crippen molar-refractivity contribution in [3.8, 4) is 45.4 Å². The highest BCUT2D eigenvalue weighted by Gasteiger charge is 2.40. The van der Waals surface area contributed by atoms with Crippen LogP contribution in [0.25, 0.3) is 33.9 Å². The van der Waals surface area contributed by atoms with Gasteiger partial charge in [-0.15, -0.1) is 20.4 Å². The van der Waals surface area contributed by atoms with Crippen LogP contribution >= 0.6 is 0 Å². The average molecular weight is 711 g/mol. The maximum Gasteiger partial charge on any atom is 0.151 e. The lowest BCUT2D eigenvalue weighted by atomic mass is 9.73. The molecule has 4 saturated heterocycles.